The molecule has 0 unspecified atom stereocenters. The van der Waals surface area contributed by atoms with Gasteiger partial charge in [-0.25, -0.2) is 23.0 Å². The molecular formula is C29H39N3O8S. The van der Waals surface area contributed by atoms with Crippen LogP contribution in [0.3, 0.4) is 0 Å². The third-order valence-electron chi connectivity index (χ3n) is 7.37. The van der Waals surface area contributed by atoms with Crippen molar-refractivity contribution >= 4 is 38.6 Å². The molecule has 1 N–H and O–H groups in total. The van der Waals surface area contributed by atoms with E-state index < -0.39 is 51.4 Å². The molecule has 1 aromatic heterocycles. The summed E-state index contributed by atoms with van der Waals surface area (Å²) in [4.78, 5) is 45.6. The van der Waals surface area contributed by atoms with Gasteiger partial charge in [0.25, 0.3) is 0 Å². The highest BCUT2D eigenvalue weighted by Gasteiger charge is 2.46. The molecule has 2 aliphatic rings. The molecule has 1 fully saturated rings. The summed E-state index contributed by atoms with van der Waals surface area (Å²) < 4.78 is 42.4. The van der Waals surface area contributed by atoms with E-state index in [1.807, 2.05) is 26.8 Å². The largest absolute Gasteiger partial charge is 0.472 e. The normalized spacial score (nSPS) is 22.9. The molecule has 3 heterocycles. The van der Waals surface area contributed by atoms with Crippen LogP contribution < -0.4 is 10.1 Å². The molecule has 224 valence electrons. The molecule has 2 amide bonds. The average Bonchev–Trinajstić information content (AvgIpc) is 3.31. The van der Waals surface area contributed by atoms with Crippen LogP contribution in [0.5, 0.6) is 5.88 Å². The van der Waals surface area contributed by atoms with Crippen molar-refractivity contribution in [2.24, 2.45) is 5.41 Å². The van der Waals surface area contributed by atoms with Crippen LogP contribution in [0.15, 0.2) is 29.3 Å². The zero-order chi connectivity index (χ0) is 29.9. The van der Waals surface area contributed by atoms with Gasteiger partial charge in [-0.3, -0.25) is 4.79 Å². The number of rotatable bonds is 3. The molecule has 41 heavy (non-hydrogen) atoms. The van der Waals surface area contributed by atoms with Crippen molar-refractivity contribution in [3.63, 3.8) is 0 Å². The van der Waals surface area contributed by atoms with Crippen LogP contribution >= 0.6 is 0 Å². The first-order chi connectivity index (χ1) is 19.3. The number of alkyl carbamates (subject to hydrolysis) is 1. The predicted molar refractivity (Wildman–Crippen MR) is 151 cm³/mol. The van der Waals surface area contributed by atoms with Gasteiger partial charge < -0.3 is 24.4 Å². The summed E-state index contributed by atoms with van der Waals surface area (Å²) in [6.07, 6.45) is 4.16. The van der Waals surface area contributed by atoms with Crippen LogP contribution in [0.1, 0.15) is 58.9 Å². The van der Waals surface area contributed by atoms with E-state index in [2.05, 4.69) is 10.3 Å². The fourth-order valence-corrected chi connectivity index (χ4v) is 6.26. The van der Waals surface area contributed by atoms with Crippen molar-refractivity contribution in [3.05, 3.63) is 30.0 Å². The first-order valence-corrected chi connectivity index (χ1v) is 15.9. The molecule has 4 rings (SSSR count). The summed E-state index contributed by atoms with van der Waals surface area (Å²) >= 11 is 0. The predicted octanol–water partition coefficient (Wildman–Crippen LogP) is 3.42. The number of carbonyl (C=O) groups excluding carboxylic acids is 3. The van der Waals surface area contributed by atoms with Crippen molar-refractivity contribution < 1.29 is 37.0 Å². The summed E-state index contributed by atoms with van der Waals surface area (Å²) in [6.45, 7) is 7.50. The first-order valence-electron chi connectivity index (χ1n) is 14.0. The van der Waals surface area contributed by atoms with Crippen LogP contribution in [-0.2, 0) is 35.3 Å². The van der Waals surface area contributed by atoms with E-state index in [0.717, 1.165) is 18.4 Å². The molecular weight excluding hydrogens is 550 g/mol. The number of hydrogen-bond donors (Lipinski definition) is 1. The van der Waals surface area contributed by atoms with E-state index >= 15 is 0 Å². The molecule has 11 nitrogen and oxygen atoms in total. The maximum absolute atomic E-state index is 13.9. The van der Waals surface area contributed by atoms with Crippen molar-refractivity contribution in [2.75, 3.05) is 26.0 Å². The van der Waals surface area contributed by atoms with Crippen LogP contribution in [0, 0.1) is 5.41 Å². The minimum Gasteiger partial charge on any atom is -0.472 e. The Bertz CT molecular complexity index is 1420. The lowest BCUT2D eigenvalue weighted by Gasteiger charge is -2.34. The lowest BCUT2D eigenvalue weighted by Crippen LogP contribution is -2.57. The van der Waals surface area contributed by atoms with Crippen molar-refractivity contribution in [1.29, 1.82) is 0 Å². The van der Waals surface area contributed by atoms with Crippen LogP contribution in [0.2, 0.25) is 0 Å². The number of cyclic esters (lactones) is 1. The highest BCUT2D eigenvalue weighted by molar-refractivity contribution is 7.91. The zero-order valence-corrected chi connectivity index (χ0v) is 25.1. The first kappa shape index (κ1) is 30.5. The van der Waals surface area contributed by atoms with Gasteiger partial charge in [-0.15, -0.1) is 0 Å². The number of fused-ring (bicyclic) bond motifs is 3. The van der Waals surface area contributed by atoms with E-state index in [1.165, 1.54) is 17.4 Å². The van der Waals surface area contributed by atoms with E-state index in [1.54, 1.807) is 19.1 Å². The lowest BCUT2D eigenvalue weighted by atomic mass is 9.85. The molecule has 2 aliphatic heterocycles. The van der Waals surface area contributed by atoms with Crippen molar-refractivity contribution in [2.45, 2.75) is 82.9 Å². The number of benzene rings is 1. The number of hydrogen-bond acceptors (Lipinski definition) is 9. The van der Waals surface area contributed by atoms with Crippen LogP contribution in [0.25, 0.3) is 10.8 Å². The average molecular weight is 590 g/mol. The number of nitrogens with zero attached hydrogens (tertiary/aromatic N) is 2. The molecule has 1 saturated heterocycles. The Morgan fingerprint density at radius 1 is 1.17 bits per heavy atom. The number of carbonyl (C=O) groups is 3. The SMILES string of the molecule is CCOC(=O)[C@@H]1C[C@@H]2CN1C(=O)[C@H](C(C)(C)C)NC(=O)OCCCCCc1cc(S(C)(=O)=O)c3ccnc(c3c1)O2. The van der Waals surface area contributed by atoms with Gasteiger partial charge in [0, 0.05) is 29.6 Å². The van der Waals surface area contributed by atoms with Gasteiger partial charge in [-0.1, -0.05) is 20.8 Å². The Kier molecular flexibility index (Phi) is 9.10. The third kappa shape index (κ3) is 7.09. The van der Waals surface area contributed by atoms with E-state index in [-0.39, 0.29) is 37.0 Å². The topological polar surface area (TPSA) is 141 Å². The quantitative estimate of drug-likeness (QED) is 0.533. The maximum atomic E-state index is 13.9. The lowest BCUT2D eigenvalue weighted by molar-refractivity contribution is -0.154. The summed E-state index contributed by atoms with van der Waals surface area (Å²) in [5.41, 5.74) is 0.126. The fraction of sp³-hybridized carbons (Fsp3) is 0.586. The van der Waals surface area contributed by atoms with E-state index in [0.29, 0.717) is 23.6 Å². The number of nitrogens with one attached hydrogen (secondary N) is 1. The van der Waals surface area contributed by atoms with Gasteiger partial charge >= 0.3 is 12.1 Å². The summed E-state index contributed by atoms with van der Waals surface area (Å²) in [7, 11) is -3.57. The Balaban J connectivity index is 1.79. The number of aromatic nitrogens is 1. The number of pyridine rings is 1. The second-order valence-electron chi connectivity index (χ2n) is 11.7. The number of esters is 1. The molecule has 0 spiro atoms. The van der Waals surface area contributed by atoms with Gasteiger partial charge in [-0.05, 0) is 61.8 Å². The van der Waals surface area contributed by atoms with E-state index in [9.17, 15) is 22.8 Å². The van der Waals surface area contributed by atoms with E-state index in [4.69, 9.17) is 14.2 Å². The number of sulfone groups is 1. The van der Waals surface area contributed by atoms with Gasteiger partial charge in [-0.2, -0.15) is 0 Å². The Hall–Kier alpha value is -3.41. The van der Waals surface area contributed by atoms with Gasteiger partial charge in [0.15, 0.2) is 9.84 Å². The molecule has 0 saturated carbocycles. The molecule has 3 atom stereocenters. The molecule has 2 aromatic rings. The standard InChI is InChI=1S/C29H39N3O8S/c1-6-38-27(34)22-16-19-17-32(22)26(33)24(29(2,3)4)31-28(35)39-13-9-7-8-10-18-14-21-20(11-12-30-25(21)40-19)23(15-18)41(5,36)37/h11-12,14-15,19,22,24H,6-10,13,16-17H2,1-5H3,(H,31,35)/t19-,22+,24-/m1/s1. The van der Waals surface area contributed by atoms with Crippen molar-refractivity contribution in [3.8, 4) is 5.88 Å². The van der Waals surface area contributed by atoms with Gasteiger partial charge in [0.05, 0.1) is 24.7 Å². The molecule has 0 radical (unpaired) electrons. The number of ether oxygens (including phenoxy) is 3. The van der Waals surface area contributed by atoms with Gasteiger partial charge in [0.2, 0.25) is 11.8 Å². The van der Waals surface area contributed by atoms with Crippen LogP contribution in [-0.4, -0.2) is 80.5 Å². The van der Waals surface area contributed by atoms with Crippen LogP contribution in [0.4, 0.5) is 4.79 Å². The molecule has 1 aromatic carbocycles. The highest BCUT2D eigenvalue weighted by Crippen LogP contribution is 2.34. The maximum Gasteiger partial charge on any atom is 0.407 e. The Morgan fingerprint density at radius 2 is 1.93 bits per heavy atom. The summed E-state index contributed by atoms with van der Waals surface area (Å²) in [5, 5.41) is 3.75. The number of amides is 2. The van der Waals surface area contributed by atoms with Crippen molar-refractivity contribution in [1.82, 2.24) is 15.2 Å². The fourth-order valence-electron chi connectivity index (χ4n) is 5.32. The Morgan fingerprint density at radius 3 is 2.61 bits per heavy atom. The summed E-state index contributed by atoms with van der Waals surface area (Å²) in [6, 6.07) is 3.31. The second-order valence-corrected chi connectivity index (χ2v) is 13.7. The zero-order valence-electron chi connectivity index (χ0n) is 24.3. The van der Waals surface area contributed by atoms with Gasteiger partial charge in [0.1, 0.15) is 18.2 Å². The summed E-state index contributed by atoms with van der Waals surface area (Å²) in [5.74, 6) is -0.792. The minimum absolute atomic E-state index is 0.0440. The molecule has 12 heteroatoms. The molecule has 4 bridgehead atoms. The smallest absolute Gasteiger partial charge is 0.407 e. The molecule has 0 aliphatic carbocycles. The number of aryl methyl sites for hydroxylation is 1. The Labute approximate surface area is 240 Å². The monoisotopic (exact) mass is 589 g/mol. The third-order valence-corrected chi connectivity index (χ3v) is 8.50. The highest BCUT2D eigenvalue weighted by atomic mass is 32.2. The second kappa shape index (κ2) is 12.2. The minimum atomic E-state index is -3.57.